The number of nitrogens with two attached hydrogens (primary N) is 1. The molecule has 2 aliphatic rings. The number of amides is 4. The van der Waals surface area contributed by atoms with Gasteiger partial charge in [-0.15, -0.1) is 11.3 Å². The summed E-state index contributed by atoms with van der Waals surface area (Å²) in [6.07, 6.45) is 8.65. The van der Waals surface area contributed by atoms with Gasteiger partial charge in [0.2, 0.25) is 11.8 Å². The molecule has 38 heavy (non-hydrogen) atoms. The molecule has 1 fully saturated rings. The van der Waals surface area contributed by atoms with Gasteiger partial charge in [0.1, 0.15) is 9.71 Å². The molecule has 4 amide bonds. The molecule has 11 heteroatoms. The van der Waals surface area contributed by atoms with E-state index in [1.807, 2.05) is 13.0 Å². The zero-order chi connectivity index (χ0) is 27.4. The summed E-state index contributed by atoms with van der Waals surface area (Å²) in [5.41, 5.74) is 7.29. The number of hydrogen-bond acceptors (Lipinski definition) is 7. The van der Waals surface area contributed by atoms with Gasteiger partial charge < -0.3 is 21.1 Å². The quantitative estimate of drug-likeness (QED) is 0.361. The van der Waals surface area contributed by atoms with Crippen molar-refractivity contribution in [3.8, 4) is 5.88 Å². The average Bonchev–Trinajstić information content (AvgIpc) is 3.52. The van der Waals surface area contributed by atoms with Crippen LogP contribution in [0.4, 0.5) is 21.9 Å². The van der Waals surface area contributed by atoms with E-state index in [-0.39, 0.29) is 18.0 Å². The molecule has 0 aromatic carbocycles. The molecule has 1 aliphatic carbocycles. The van der Waals surface area contributed by atoms with Crippen LogP contribution in [0.15, 0.2) is 37.2 Å². The molecule has 3 aromatic rings. The molecule has 1 aliphatic heterocycles. The highest BCUT2D eigenvalue weighted by atomic mass is 32.1. The maximum absolute atomic E-state index is 13.3. The van der Waals surface area contributed by atoms with Crippen LogP contribution in [0.2, 0.25) is 0 Å². The Labute approximate surface area is 225 Å². The molecule has 0 unspecified atom stereocenters. The SMILES string of the molecule is C=CC(N)=O.Cc1cc(OCC(C)C)ncc1N1C(=O)Nc2c(C(=O)NC3CCCC3)sc3nccc1c23. The number of rotatable bonds is 7. The molecule has 1 saturated carbocycles. The van der Waals surface area contributed by atoms with Crippen molar-refractivity contribution in [2.24, 2.45) is 11.7 Å². The van der Waals surface area contributed by atoms with Gasteiger partial charge in [-0.25, -0.2) is 14.8 Å². The summed E-state index contributed by atoms with van der Waals surface area (Å²) >= 11 is 1.31. The minimum Gasteiger partial charge on any atom is -0.477 e. The van der Waals surface area contributed by atoms with Crippen LogP contribution >= 0.6 is 11.3 Å². The number of pyridine rings is 2. The second-order valence-corrected chi connectivity index (χ2v) is 10.7. The number of primary amides is 1. The van der Waals surface area contributed by atoms with Crippen molar-refractivity contribution in [1.29, 1.82) is 0 Å². The number of anilines is 3. The number of aryl methyl sites for hydroxylation is 1. The smallest absolute Gasteiger partial charge is 0.331 e. The normalized spacial score (nSPS) is 14.6. The Morgan fingerprint density at radius 2 is 2.03 bits per heavy atom. The molecule has 0 spiro atoms. The molecule has 4 N–H and O–H groups in total. The van der Waals surface area contributed by atoms with Crippen LogP contribution in [0, 0.1) is 12.8 Å². The van der Waals surface area contributed by atoms with Crippen molar-refractivity contribution in [2.45, 2.75) is 52.5 Å². The van der Waals surface area contributed by atoms with Gasteiger partial charge >= 0.3 is 6.03 Å². The highest BCUT2D eigenvalue weighted by molar-refractivity contribution is 7.21. The maximum Gasteiger partial charge on any atom is 0.331 e. The van der Waals surface area contributed by atoms with Crippen molar-refractivity contribution in [1.82, 2.24) is 15.3 Å². The molecule has 0 radical (unpaired) electrons. The number of aromatic nitrogens is 2. The summed E-state index contributed by atoms with van der Waals surface area (Å²) in [5, 5.41) is 6.84. The standard InChI is InChI=1S/C24H27N5O3S.C3H5NO/c1-13(2)12-32-18-10-14(3)17(11-26-18)29-16-8-9-25-23-19(16)20(28-24(29)31)21(33-23)22(30)27-15-6-4-5-7-15;1-2-3(4)5/h8-11,13,15H,4-7,12H2,1-3H3,(H,27,30)(H,28,31);2H,1H2,(H2,4,5). The van der Waals surface area contributed by atoms with Crippen LogP contribution in [0.3, 0.4) is 0 Å². The average molecular weight is 537 g/mol. The molecule has 3 aromatic heterocycles. The summed E-state index contributed by atoms with van der Waals surface area (Å²) < 4.78 is 5.73. The van der Waals surface area contributed by atoms with Crippen LogP contribution in [0.1, 0.15) is 54.8 Å². The molecule has 0 atom stereocenters. The van der Waals surface area contributed by atoms with E-state index in [1.54, 1.807) is 23.4 Å². The van der Waals surface area contributed by atoms with Crippen molar-refractivity contribution in [3.63, 3.8) is 0 Å². The van der Waals surface area contributed by atoms with Gasteiger partial charge in [-0.3, -0.25) is 14.5 Å². The zero-order valence-corrected chi connectivity index (χ0v) is 22.6. The van der Waals surface area contributed by atoms with Gasteiger partial charge in [-0.05, 0) is 43.4 Å². The highest BCUT2D eigenvalue weighted by Crippen LogP contribution is 2.46. The number of thiophene rings is 1. The lowest BCUT2D eigenvalue weighted by Crippen LogP contribution is -2.36. The largest absolute Gasteiger partial charge is 0.477 e. The second kappa shape index (κ2) is 11.6. The van der Waals surface area contributed by atoms with Gasteiger partial charge in [0.25, 0.3) is 5.91 Å². The number of carbonyl (C=O) groups is 3. The Morgan fingerprint density at radius 3 is 2.66 bits per heavy atom. The van der Waals surface area contributed by atoms with Crippen molar-refractivity contribution in [3.05, 3.63) is 47.6 Å². The highest BCUT2D eigenvalue weighted by Gasteiger charge is 2.34. The van der Waals surface area contributed by atoms with Gasteiger partial charge in [0.05, 0.1) is 35.3 Å². The number of hydrogen-bond donors (Lipinski definition) is 3. The predicted molar refractivity (Wildman–Crippen MR) is 149 cm³/mol. The predicted octanol–water partition coefficient (Wildman–Crippen LogP) is 5.05. The number of urea groups is 1. The van der Waals surface area contributed by atoms with E-state index in [4.69, 9.17) is 4.74 Å². The Morgan fingerprint density at radius 1 is 1.32 bits per heavy atom. The number of nitrogens with one attached hydrogen (secondary N) is 2. The molecule has 5 rings (SSSR count). The lowest BCUT2D eigenvalue weighted by atomic mass is 10.1. The number of ether oxygens (including phenoxy) is 1. The van der Waals surface area contributed by atoms with Crippen LogP contribution in [-0.2, 0) is 4.79 Å². The molecule has 200 valence electrons. The van der Waals surface area contributed by atoms with Crippen molar-refractivity contribution < 1.29 is 19.1 Å². The Balaban J connectivity index is 0.000000617. The van der Waals surface area contributed by atoms with Gasteiger partial charge in [0, 0.05) is 18.3 Å². The maximum atomic E-state index is 13.3. The minimum absolute atomic E-state index is 0.149. The molecule has 4 heterocycles. The zero-order valence-electron chi connectivity index (χ0n) is 21.7. The fourth-order valence-corrected chi connectivity index (χ4v) is 5.42. The molecular weight excluding hydrogens is 504 g/mol. The van der Waals surface area contributed by atoms with E-state index in [9.17, 15) is 14.4 Å². The third-order valence-electron chi connectivity index (χ3n) is 6.21. The summed E-state index contributed by atoms with van der Waals surface area (Å²) in [4.78, 5) is 47.5. The van der Waals surface area contributed by atoms with E-state index >= 15 is 0 Å². The van der Waals surface area contributed by atoms with Crippen LogP contribution < -0.4 is 26.0 Å². The second-order valence-electron chi connectivity index (χ2n) is 9.66. The fraction of sp³-hybridized carbons (Fsp3) is 0.370. The first kappa shape index (κ1) is 27.1. The molecule has 10 nitrogen and oxygen atoms in total. The first-order valence-electron chi connectivity index (χ1n) is 12.5. The molecule has 0 saturated heterocycles. The van der Waals surface area contributed by atoms with Gasteiger partial charge in [-0.1, -0.05) is 33.3 Å². The number of carbonyl (C=O) groups excluding carboxylic acids is 3. The van der Waals surface area contributed by atoms with E-state index < -0.39 is 5.91 Å². The van der Waals surface area contributed by atoms with Crippen molar-refractivity contribution in [2.75, 3.05) is 16.8 Å². The van der Waals surface area contributed by atoms with Crippen LogP contribution in [0.5, 0.6) is 5.88 Å². The molecule has 0 bridgehead atoms. The summed E-state index contributed by atoms with van der Waals surface area (Å²) in [5.74, 6) is 0.292. The van der Waals surface area contributed by atoms with E-state index in [0.29, 0.717) is 45.2 Å². The topological polar surface area (TPSA) is 140 Å². The summed E-state index contributed by atoms with van der Waals surface area (Å²) in [7, 11) is 0. The third kappa shape index (κ3) is 5.77. The minimum atomic E-state index is -0.481. The van der Waals surface area contributed by atoms with Gasteiger partial charge in [-0.2, -0.15) is 0 Å². The first-order chi connectivity index (χ1) is 18.2. The first-order valence-corrected chi connectivity index (χ1v) is 13.4. The van der Waals surface area contributed by atoms with Gasteiger partial charge in [0.15, 0.2) is 0 Å². The number of nitrogens with zero attached hydrogens (tertiary/aromatic N) is 3. The molecular formula is C27H32N6O4S. The summed E-state index contributed by atoms with van der Waals surface area (Å²) in [6, 6.07) is 3.51. The fourth-order valence-electron chi connectivity index (χ4n) is 4.39. The lowest BCUT2D eigenvalue weighted by molar-refractivity contribution is -0.113. The van der Waals surface area contributed by atoms with Crippen LogP contribution in [0.25, 0.3) is 10.2 Å². The Kier molecular flexibility index (Phi) is 8.26. The Bertz CT molecular complexity index is 1380. The van der Waals surface area contributed by atoms with E-state index in [2.05, 4.69) is 46.8 Å². The monoisotopic (exact) mass is 536 g/mol. The third-order valence-corrected chi connectivity index (χ3v) is 7.30. The van der Waals surface area contributed by atoms with Crippen molar-refractivity contribution >= 4 is 56.5 Å². The Hall–Kier alpha value is -3.99. The lowest BCUT2D eigenvalue weighted by Gasteiger charge is -2.29. The van der Waals surface area contributed by atoms with E-state index in [1.165, 1.54) is 11.3 Å². The van der Waals surface area contributed by atoms with E-state index in [0.717, 1.165) is 42.7 Å². The van der Waals surface area contributed by atoms with Crippen LogP contribution in [-0.4, -0.2) is 40.5 Å². The summed E-state index contributed by atoms with van der Waals surface area (Å²) in [6.45, 7) is 9.74.